The summed E-state index contributed by atoms with van der Waals surface area (Å²) in [5.74, 6) is -0.128. The SMILES string of the molecule is CN(C)C(CN1CCNCC1)c1cc(Br)ccc1F. The highest BCUT2D eigenvalue weighted by atomic mass is 79.9. The number of nitrogens with one attached hydrogen (secondary N) is 1. The summed E-state index contributed by atoms with van der Waals surface area (Å²) in [4.78, 5) is 4.48. The molecule has 1 saturated heterocycles. The maximum atomic E-state index is 14.1. The molecule has 1 fully saturated rings. The highest BCUT2D eigenvalue weighted by molar-refractivity contribution is 9.10. The van der Waals surface area contributed by atoms with Gasteiger partial charge in [-0.05, 0) is 32.3 Å². The van der Waals surface area contributed by atoms with Crippen LogP contribution in [0.1, 0.15) is 11.6 Å². The molecule has 1 unspecified atom stereocenters. The summed E-state index contributed by atoms with van der Waals surface area (Å²) in [7, 11) is 4.01. The molecule has 0 amide bonds. The number of hydrogen-bond acceptors (Lipinski definition) is 3. The van der Waals surface area contributed by atoms with Crippen molar-refractivity contribution in [2.75, 3.05) is 46.8 Å². The van der Waals surface area contributed by atoms with Crippen molar-refractivity contribution in [3.05, 3.63) is 34.1 Å². The van der Waals surface area contributed by atoms with Crippen LogP contribution in [0.25, 0.3) is 0 Å². The fourth-order valence-electron chi connectivity index (χ4n) is 2.45. The van der Waals surface area contributed by atoms with E-state index in [4.69, 9.17) is 0 Å². The van der Waals surface area contributed by atoms with Gasteiger partial charge in [-0.1, -0.05) is 15.9 Å². The lowest BCUT2D eigenvalue weighted by atomic mass is 10.0. The molecular formula is C14H21BrFN3. The first-order valence-corrected chi connectivity index (χ1v) is 7.41. The van der Waals surface area contributed by atoms with Gasteiger partial charge in [0.25, 0.3) is 0 Å². The standard InChI is InChI=1S/C14H21BrFN3/c1-18(2)14(10-19-7-5-17-6-8-19)12-9-11(15)3-4-13(12)16/h3-4,9,14,17H,5-8,10H2,1-2H3. The Bertz CT molecular complexity index is 419. The topological polar surface area (TPSA) is 18.5 Å². The number of nitrogens with zero attached hydrogens (tertiary/aromatic N) is 2. The summed E-state index contributed by atoms with van der Waals surface area (Å²) in [6.07, 6.45) is 0. The minimum atomic E-state index is -0.128. The highest BCUT2D eigenvalue weighted by Gasteiger charge is 2.22. The van der Waals surface area contributed by atoms with Crippen molar-refractivity contribution in [2.45, 2.75) is 6.04 Å². The van der Waals surface area contributed by atoms with E-state index < -0.39 is 0 Å². The number of benzene rings is 1. The first-order chi connectivity index (χ1) is 9.08. The third-order valence-corrected chi connectivity index (χ3v) is 4.07. The van der Waals surface area contributed by atoms with Gasteiger partial charge in [0.15, 0.2) is 0 Å². The van der Waals surface area contributed by atoms with Crippen molar-refractivity contribution < 1.29 is 4.39 Å². The van der Waals surface area contributed by atoms with E-state index in [1.54, 1.807) is 6.07 Å². The fourth-order valence-corrected chi connectivity index (χ4v) is 2.83. The Hall–Kier alpha value is -0.490. The van der Waals surface area contributed by atoms with Crippen molar-refractivity contribution >= 4 is 15.9 Å². The first-order valence-electron chi connectivity index (χ1n) is 6.62. The second-order valence-electron chi connectivity index (χ2n) is 5.20. The van der Waals surface area contributed by atoms with Gasteiger partial charge in [0, 0.05) is 48.8 Å². The molecule has 1 N–H and O–H groups in total. The van der Waals surface area contributed by atoms with Crippen molar-refractivity contribution in [1.29, 1.82) is 0 Å². The van der Waals surface area contributed by atoms with Crippen LogP contribution >= 0.6 is 15.9 Å². The third kappa shape index (κ3) is 3.99. The zero-order valence-corrected chi connectivity index (χ0v) is 13.1. The minimum Gasteiger partial charge on any atom is -0.314 e. The Morgan fingerprint density at radius 1 is 1.37 bits per heavy atom. The Morgan fingerprint density at radius 3 is 2.68 bits per heavy atom. The summed E-state index contributed by atoms with van der Waals surface area (Å²) < 4.78 is 15.0. The van der Waals surface area contributed by atoms with Crippen molar-refractivity contribution in [2.24, 2.45) is 0 Å². The molecule has 0 spiro atoms. The summed E-state index contributed by atoms with van der Waals surface area (Å²) in [5.41, 5.74) is 0.762. The van der Waals surface area contributed by atoms with Crippen LogP contribution < -0.4 is 5.32 Å². The quantitative estimate of drug-likeness (QED) is 0.912. The molecule has 0 radical (unpaired) electrons. The van der Waals surface area contributed by atoms with Crippen LogP contribution in [-0.2, 0) is 0 Å². The Balaban J connectivity index is 2.16. The van der Waals surface area contributed by atoms with E-state index >= 15 is 0 Å². The van der Waals surface area contributed by atoms with Crippen molar-refractivity contribution in [3.63, 3.8) is 0 Å². The molecule has 0 saturated carbocycles. The van der Waals surface area contributed by atoms with Crippen LogP contribution in [0.4, 0.5) is 4.39 Å². The lowest BCUT2D eigenvalue weighted by Crippen LogP contribution is -2.46. The smallest absolute Gasteiger partial charge is 0.128 e. The molecular weight excluding hydrogens is 309 g/mol. The first kappa shape index (κ1) is 14.9. The molecule has 1 aromatic carbocycles. The molecule has 2 rings (SSSR count). The Kier molecular flexibility index (Phi) is 5.33. The monoisotopic (exact) mass is 329 g/mol. The molecule has 1 aliphatic rings. The molecule has 1 aliphatic heterocycles. The van der Waals surface area contributed by atoms with E-state index in [0.717, 1.165) is 42.8 Å². The fraction of sp³-hybridized carbons (Fsp3) is 0.571. The van der Waals surface area contributed by atoms with Crippen LogP contribution in [0.3, 0.4) is 0 Å². The summed E-state index contributed by atoms with van der Waals surface area (Å²) in [5, 5.41) is 3.34. The lowest BCUT2D eigenvalue weighted by Gasteiger charge is -2.34. The maximum absolute atomic E-state index is 14.1. The molecule has 1 aromatic rings. The van der Waals surface area contributed by atoms with Gasteiger partial charge < -0.3 is 10.2 Å². The van der Waals surface area contributed by atoms with Crippen LogP contribution in [0.5, 0.6) is 0 Å². The van der Waals surface area contributed by atoms with Crippen LogP contribution in [-0.4, -0.2) is 56.6 Å². The van der Waals surface area contributed by atoms with Gasteiger partial charge >= 0.3 is 0 Å². The van der Waals surface area contributed by atoms with Gasteiger partial charge in [-0.3, -0.25) is 4.90 Å². The van der Waals surface area contributed by atoms with Crippen molar-refractivity contribution in [3.8, 4) is 0 Å². The third-order valence-electron chi connectivity index (χ3n) is 3.58. The average molecular weight is 330 g/mol. The predicted molar refractivity (Wildman–Crippen MR) is 79.8 cm³/mol. The van der Waals surface area contributed by atoms with E-state index in [9.17, 15) is 4.39 Å². The predicted octanol–water partition coefficient (Wildman–Crippen LogP) is 2.10. The molecule has 3 nitrogen and oxygen atoms in total. The molecule has 5 heteroatoms. The zero-order chi connectivity index (χ0) is 13.8. The molecule has 19 heavy (non-hydrogen) atoms. The summed E-state index contributed by atoms with van der Waals surface area (Å²) in [6.45, 7) is 4.95. The van der Waals surface area contributed by atoms with Crippen LogP contribution in [0, 0.1) is 5.82 Å². The van der Waals surface area contributed by atoms with E-state index in [2.05, 4.69) is 31.0 Å². The van der Waals surface area contributed by atoms with E-state index in [0.29, 0.717) is 0 Å². The van der Waals surface area contributed by atoms with Gasteiger partial charge in [-0.15, -0.1) is 0 Å². The van der Waals surface area contributed by atoms with Crippen LogP contribution in [0.2, 0.25) is 0 Å². The van der Waals surface area contributed by atoms with Gasteiger partial charge in [0.05, 0.1) is 0 Å². The molecule has 0 aliphatic carbocycles. The lowest BCUT2D eigenvalue weighted by molar-refractivity contribution is 0.166. The van der Waals surface area contributed by atoms with Gasteiger partial charge in [0.2, 0.25) is 0 Å². The number of piperazine rings is 1. The van der Waals surface area contributed by atoms with Crippen LogP contribution in [0.15, 0.2) is 22.7 Å². The van der Waals surface area contributed by atoms with Crippen molar-refractivity contribution in [1.82, 2.24) is 15.1 Å². The number of rotatable bonds is 4. The second-order valence-corrected chi connectivity index (χ2v) is 6.11. The van der Waals surface area contributed by atoms with E-state index in [1.165, 1.54) is 6.07 Å². The van der Waals surface area contributed by atoms with Gasteiger partial charge in [-0.25, -0.2) is 4.39 Å². The molecule has 106 valence electrons. The molecule has 0 bridgehead atoms. The van der Waals surface area contributed by atoms with E-state index in [1.807, 2.05) is 20.2 Å². The maximum Gasteiger partial charge on any atom is 0.128 e. The summed E-state index contributed by atoms with van der Waals surface area (Å²) >= 11 is 3.43. The Labute approximate surface area is 122 Å². The molecule has 1 heterocycles. The normalized spacial score (nSPS) is 18.8. The number of likely N-dealkylation sites (N-methyl/N-ethyl adjacent to an activating group) is 1. The number of halogens is 2. The largest absolute Gasteiger partial charge is 0.314 e. The molecule has 0 aromatic heterocycles. The van der Waals surface area contributed by atoms with Gasteiger partial charge in [-0.2, -0.15) is 0 Å². The number of hydrogen-bond donors (Lipinski definition) is 1. The minimum absolute atomic E-state index is 0.0793. The summed E-state index contributed by atoms with van der Waals surface area (Å²) in [6, 6.07) is 5.25. The van der Waals surface area contributed by atoms with Gasteiger partial charge in [0.1, 0.15) is 5.82 Å². The Morgan fingerprint density at radius 2 is 2.05 bits per heavy atom. The second kappa shape index (κ2) is 6.79. The zero-order valence-electron chi connectivity index (χ0n) is 11.5. The van der Waals surface area contributed by atoms with E-state index in [-0.39, 0.29) is 11.9 Å². The molecule has 1 atom stereocenters. The average Bonchev–Trinajstić information content (AvgIpc) is 2.40. The highest BCUT2D eigenvalue weighted by Crippen LogP contribution is 2.25.